The molecule has 1 amide bonds. The van der Waals surface area contributed by atoms with Gasteiger partial charge in [0.2, 0.25) is 0 Å². The molecular weight excluding hydrogens is 252 g/mol. The fraction of sp³-hybridized carbons (Fsp3) is 0.375. The summed E-state index contributed by atoms with van der Waals surface area (Å²) in [7, 11) is 1.55. The van der Waals surface area contributed by atoms with Crippen molar-refractivity contribution in [2.24, 2.45) is 22.9 Å². The average Bonchev–Trinajstić information content (AvgIpc) is 3.09. The number of benzene rings is 1. The summed E-state index contributed by atoms with van der Waals surface area (Å²) in [5.41, 5.74) is 3.09. The number of carbonyl (C=O) groups is 1. The molecule has 1 aromatic carbocycles. The van der Waals surface area contributed by atoms with Gasteiger partial charge in [-0.05, 0) is 36.8 Å². The Morgan fingerprint density at radius 1 is 1.35 bits per heavy atom. The van der Waals surface area contributed by atoms with Crippen LogP contribution in [0.1, 0.15) is 23.2 Å². The highest BCUT2D eigenvalue weighted by Crippen LogP contribution is 2.42. The SMILES string of the molecule is COc1ccccc1C(=O)NN=CC1CC2C=CC1C2. The van der Waals surface area contributed by atoms with Crippen LogP contribution in [-0.4, -0.2) is 19.2 Å². The number of hydrogen-bond donors (Lipinski definition) is 1. The maximum atomic E-state index is 12.0. The highest BCUT2D eigenvalue weighted by Gasteiger charge is 2.34. The summed E-state index contributed by atoms with van der Waals surface area (Å²) in [5.74, 6) is 2.09. The number of hydrogen-bond acceptors (Lipinski definition) is 3. The van der Waals surface area contributed by atoms with Crippen LogP contribution in [0, 0.1) is 17.8 Å². The zero-order valence-corrected chi connectivity index (χ0v) is 11.5. The van der Waals surface area contributed by atoms with Crippen LogP contribution in [0.2, 0.25) is 0 Å². The summed E-state index contributed by atoms with van der Waals surface area (Å²) in [5, 5.41) is 4.11. The van der Waals surface area contributed by atoms with E-state index in [2.05, 4.69) is 22.7 Å². The van der Waals surface area contributed by atoms with Crippen molar-refractivity contribution in [1.29, 1.82) is 0 Å². The smallest absolute Gasteiger partial charge is 0.275 e. The standard InChI is InChI=1S/C16H18N2O2/c1-20-15-5-3-2-4-14(15)16(19)18-17-10-13-9-11-6-7-12(13)8-11/h2-7,10-13H,8-9H2,1H3,(H,18,19). The van der Waals surface area contributed by atoms with Crippen LogP contribution in [0.4, 0.5) is 0 Å². The van der Waals surface area contributed by atoms with Crippen LogP contribution in [0.5, 0.6) is 5.75 Å². The van der Waals surface area contributed by atoms with E-state index in [9.17, 15) is 4.79 Å². The van der Waals surface area contributed by atoms with E-state index in [0.717, 1.165) is 6.42 Å². The number of allylic oxidation sites excluding steroid dienone is 2. The first-order valence-electron chi connectivity index (χ1n) is 6.93. The second-order valence-corrected chi connectivity index (χ2v) is 5.36. The number of para-hydroxylation sites is 1. The van der Waals surface area contributed by atoms with Gasteiger partial charge in [-0.2, -0.15) is 5.10 Å². The van der Waals surface area contributed by atoms with Crippen LogP contribution in [-0.2, 0) is 0 Å². The molecule has 3 unspecified atom stereocenters. The monoisotopic (exact) mass is 270 g/mol. The van der Waals surface area contributed by atoms with Crippen molar-refractivity contribution in [3.63, 3.8) is 0 Å². The number of methoxy groups -OCH3 is 1. The third-order valence-electron chi connectivity index (χ3n) is 4.11. The van der Waals surface area contributed by atoms with E-state index in [1.807, 2.05) is 18.3 Å². The molecule has 0 aliphatic heterocycles. The van der Waals surface area contributed by atoms with E-state index in [4.69, 9.17) is 4.74 Å². The number of fused-ring (bicyclic) bond motifs is 2. The first kappa shape index (κ1) is 12.9. The van der Waals surface area contributed by atoms with Gasteiger partial charge < -0.3 is 4.74 Å². The van der Waals surface area contributed by atoms with Crippen molar-refractivity contribution in [1.82, 2.24) is 5.43 Å². The Labute approximate surface area is 118 Å². The van der Waals surface area contributed by atoms with E-state index >= 15 is 0 Å². The number of amides is 1. The molecule has 1 saturated carbocycles. The van der Waals surface area contributed by atoms with Crippen molar-refractivity contribution in [3.05, 3.63) is 42.0 Å². The largest absolute Gasteiger partial charge is 0.496 e. The number of nitrogens with zero attached hydrogens (tertiary/aromatic N) is 1. The van der Waals surface area contributed by atoms with Crippen molar-refractivity contribution < 1.29 is 9.53 Å². The zero-order valence-electron chi connectivity index (χ0n) is 11.5. The van der Waals surface area contributed by atoms with E-state index in [1.165, 1.54) is 6.42 Å². The van der Waals surface area contributed by atoms with Gasteiger partial charge in [0.15, 0.2) is 0 Å². The molecule has 0 spiro atoms. The molecule has 2 bridgehead atoms. The van der Waals surface area contributed by atoms with Crippen LogP contribution < -0.4 is 10.2 Å². The van der Waals surface area contributed by atoms with Gasteiger partial charge >= 0.3 is 0 Å². The van der Waals surface area contributed by atoms with Gasteiger partial charge in [-0.1, -0.05) is 24.3 Å². The molecule has 1 aromatic rings. The summed E-state index contributed by atoms with van der Waals surface area (Å²) in [6.07, 6.45) is 8.82. The summed E-state index contributed by atoms with van der Waals surface area (Å²) >= 11 is 0. The second kappa shape index (κ2) is 5.49. The molecule has 2 aliphatic carbocycles. The molecule has 4 heteroatoms. The lowest BCUT2D eigenvalue weighted by Crippen LogP contribution is -2.20. The molecular formula is C16H18N2O2. The Morgan fingerprint density at radius 3 is 2.90 bits per heavy atom. The minimum absolute atomic E-state index is 0.239. The lowest BCUT2D eigenvalue weighted by Gasteiger charge is -2.12. The van der Waals surface area contributed by atoms with Crippen LogP contribution in [0.3, 0.4) is 0 Å². The second-order valence-electron chi connectivity index (χ2n) is 5.36. The Bertz CT molecular complexity index is 565. The number of hydrazone groups is 1. The predicted molar refractivity (Wildman–Crippen MR) is 77.8 cm³/mol. The van der Waals surface area contributed by atoms with Gasteiger partial charge in [-0.25, -0.2) is 5.43 Å². The fourth-order valence-electron chi connectivity index (χ4n) is 3.08. The first-order chi connectivity index (χ1) is 9.78. The van der Waals surface area contributed by atoms with Crippen molar-refractivity contribution in [2.45, 2.75) is 12.8 Å². The van der Waals surface area contributed by atoms with Crippen molar-refractivity contribution in [2.75, 3.05) is 7.11 Å². The molecule has 1 N–H and O–H groups in total. The molecule has 0 radical (unpaired) electrons. The zero-order chi connectivity index (χ0) is 13.9. The topological polar surface area (TPSA) is 50.7 Å². The lowest BCUT2D eigenvalue weighted by molar-refractivity contribution is 0.0952. The molecule has 4 nitrogen and oxygen atoms in total. The van der Waals surface area contributed by atoms with E-state index < -0.39 is 0 Å². The quantitative estimate of drug-likeness (QED) is 0.519. The van der Waals surface area contributed by atoms with Crippen LogP contribution in [0.15, 0.2) is 41.5 Å². The summed E-state index contributed by atoms with van der Waals surface area (Å²) in [6, 6.07) is 7.13. The molecule has 1 fully saturated rings. The fourth-order valence-corrected chi connectivity index (χ4v) is 3.08. The lowest BCUT2D eigenvalue weighted by atomic mass is 9.95. The van der Waals surface area contributed by atoms with Crippen LogP contribution in [0.25, 0.3) is 0 Å². The summed E-state index contributed by atoms with van der Waals surface area (Å²) < 4.78 is 5.16. The Kier molecular flexibility index (Phi) is 3.54. The first-order valence-corrected chi connectivity index (χ1v) is 6.93. The predicted octanol–water partition coefficient (Wildman–Crippen LogP) is 2.62. The molecule has 3 rings (SSSR count). The number of ether oxygens (including phenoxy) is 1. The number of rotatable bonds is 4. The Hall–Kier alpha value is -2.10. The van der Waals surface area contributed by atoms with E-state index in [0.29, 0.717) is 29.1 Å². The molecule has 104 valence electrons. The van der Waals surface area contributed by atoms with Gasteiger partial charge in [0.05, 0.1) is 12.7 Å². The Morgan fingerprint density at radius 2 is 2.20 bits per heavy atom. The molecule has 0 heterocycles. The highest BCUT2D eigenvalue weighted by molar-refractivity contribution is 5.97. The minimum atomic E-state index is -0.239. The third-order valence-corrected chi connectivity index (χ3v) is 4.11. The highest BCUT2D eigenvalue weighted by atomic mass is 16.5. The van der Waals surface area contributed by atoms with Gasteiger partial charge in [0.1, 0.15) is 5.75 Å². The average molecular weight is 270 g/mol. The van der Waals surface area contributed by atoms with E-state index in [-0.39, 0.29) is 5.91 Å². The molecule has 3 atom stereocenters. The minimum Gasteiger partial charge on any atom is -0.496 e. The van der Waals surface area contributed by atoms with Gasteiger partial charge in [0.25, 0.3) is 5.91 Å². The van der Waals surface area contributed by atoms with Gasteiger partial charge in [-0.3, -0.25) is 4.79 Å². The van der Waals surface area contributed by atoms with E-state index in [1.54, 1.807) is 19.2 Å². The van der Waals surface area contributed by atoms with Crippen molar-refractivity contribution in [3.8, 4) is 5.75 Å². The maximum absolute atomic E-state index is 12.0. The molecule has 2 aliphatic rings. The maximum Gasteiger partial charge on any atom is 0.275 e. The van der Waals surface area contributed by atoms with Gasteiger partial charge in [-0.15, -0.1) is 0 Å². The van der Waals surface area contributed by atoms with Gasteiger partial charge in [0, 0.05) is 12.1 Å². The Balaban J connectivity index is 1.61. The summed E-state index contributed by atoms with van der Waals surface area (Å²) in [6.45, 7) is 0. The third kappa shape index (κ3) is 2.46. The van der Waals surface area contributed by atoms with Crippen LogP contribution >= 0.6 is 0 Å². The number of carbonyl (C=O) groups excluding carboxylic acids is 1. The normalized spacial score (nSPS) is 27.1. The molecule has 0 aromatic heterocycles. The molecule has 0 saturated heterocycles. The number of nitrogens with one attached hydrogen (secondary N) is 1. The molecule has 20 heavy (non-hydrogen) atoms. The summed E-state index contributed by atoms with van der Waals surface area (Å²) in [4.78, 5) is 12.0. The van der Waals surface area contributed by atoms with Crippen molar-refractivity contribution >= 4 is 12.1 Å².